The van der Waals surface area contributed by atoms with Crippen molar-refractivity contribution in [3.8, 4) is 6.07 Å². The van der Waals surface area contributed by atoms with Crippen LogP contribution in [-0.2, 0) is 9.53 Å². The van der Waals surface area contributed by atoms with Crippen LogP contribution in [0.25, 0.3) is 0 Å². The van der Waals surface area contributed by atoms with E-state index in [1.165, 1.54) is 6.20 Å². The minimum absolute atomic E-state index is 0.110. The van der Waals surface area contributed by atoms with Gasteiger partial charge in [-0.25, -0.2) is 0 Å². The highest BCUT2D eigenvalue weighted by Crippen LogP contribution is 2.20. The minimum atomic E-state index is -0.473. The number of nitrogens with one attached hydrogen (secondary N) is 1. The summed E-state index contributed by atoms with van der Waals surface area (Å²) in [5.41, 5.74) is 0.412. The van der Waals surface area contributed by atoms with Crippen LogP contribution < -0.4 is 10.2 Å². The van der Waals surface area contributed by atoms with E-state index in [0.29, 0.717) is 31.1 Å². The average Bonchev–Trinajstić information content (AvgIpc) is 2.52. The van der Waals surface area contributed by atoms with Gasteiger partial charge in [0.15, 0.2) is 5.82 Å². The molecule has 0 saturated carbocycles. The molecule has 0 bridgehead atoms. The number of aromatic nitrogens is 2. The molecule has 0 spiro atoms. The molecule has 0 aliphatic carbocycles. The number of amides is 1. The zero-order chi connectivity index (χ0) is 14.4. The average molecular weight is 275 g/mol. The second-order valence-corrected chi connectivity index (χ2v) is 4.46. The lowest BCUT2D eigenvalue weighted by Crippen LogP contribution is -2.54. The molecule has 1 aliphatic heterocycles. The minimum Gasteiger partial charge on any atom is -0.377 e. The smallest absolute Gasteiger partial charge is 0.245 e. The second kappa shape index (κ2) is 6.82. The third-order valence-electron chi connectivity index (χ3n) is 3.07. The molecular formula is C13H17N5O2. The summed E-state index contributed by atoms with van der Waals surface area (Å²) in [6.45, 7) is 3.91. The van der Waals surface area contributed by atoms with Crippen molar-refractivity contribution in [2.75, 3.05) is 31.2 Å². The Morgan fingerprint density at radius 3 is 3.30 bits per heavy atom. The van der Waals surface area contributed by atoms with Gasteiger partial charge in [0.05, 0.1) is 25.0 Å². The van der Waals surface area contributed by atoms with Gasteiger partial charge in [0, 0.05) is 13.1 Å². The van der Waals surface area contributed by atoms with Gasteiger partial charge in [-0.1, -0.05) is 6.92 Å². The fourth-order valence-electron chi connectivity index (χ4n) is 2.06. The lowest BCUT2D eigenvalue weighted by atomic mass is 10.1. The van der Waals surface area contributed by atoms with Crippen molar-refractivity contribution in [3.63, 3.8) is 0 Å². The first-order chi connectivity index (χ1) is 9.77. The first kappa shape index (κ1) is 14.2. The molecule has 1 N–H and O–H groups in total. The van der Waals surface area contributed by atoms with E-state index < -0.39 is 6.04 Å². The van der Waals surface area contributed by atoms with E-state index >= 15 is 0 Å². The number of nitrogens with zero attached hydrogens (tertiary/aromatic N) is 4. The van der Waals surface area contributed by atoms with E-state index in [9.17, 15) is 4.79 Å². The number of nitriles is 1. The van der Waals surface area contributed by atoms with Gasteiger partial charge in [0.1, 0.15) is 12.1 Å². The SMILES string of the molecule is CCCNC(=O)C1COCCN1c1nnccc1C#N. The lowest BCUT2D eigenvalue weighted by molar-refractivity contribution is -0.124. The molecule has 2 heterocycles. The van der Waals surface area contributed by atoms with Crippen molar-refractivity contribution in [1.82, 2.24) is 15.5 Å². The topological polar surface area (TPSA) is 91.1 Å². The molecule has 0 aromatic carbocycles. The van der Waals surface area contributed by atoms with Gasteiger partial charge in [-0.2, -0.15) is 10.4 Å². The first-order valence-corrected chi connectivity index (χ1v) is 6.61. The van der Waals surface area contributed by atoms with Crippen LogP contribution in [0.5, 0.6) is 0 Å². The predicted molar refractivity (Wildman–Crippen MR) is 72.0 cm³/mol. The Balaban J connectivity index is 2.22. The number of anilines is 1. The maximum absolute atomic E-state index is 12.2. The van der Waals surface area contributed by atoms with Gasteiger partial charge < -0.3 is 15.0 Å². The molecule has 1 saturated heterocycles. The van der Waals surface area contributed by atoms with Crippen LogP contribution in [0, 0.1) is 11.3 Å². The lowest BCUT2D eigenvalue weighted by Gasteiger charge is -2.35. The zero-order valence-electron chi connectivity index (χ0n) is 11.4. The highest BCUT2D eigenvalue weighted by atomic mass is 16.5. The van der Waals surface area contributed by atoms with Crippen molar-refractivity contribution in [1.29, 1.82) is 5.26 Å². The largest absolute Gasteiger partial charge is 0.377 e. The fraction of sp³-hybridized carbons (Fsp3) is 0.538. The van der Waals surface area contributed by atoms with Crippen LogP contribution in [0.3, 0.4) is 0 Å². The standard InChI is InChI=1S/C13H17N5O2/c1-2-4-15-13(19)11-9-20-7-6-18(11)12-10(8-14)3-5-16-17-12/h3,5,11H,2,4,6-7,9H2,1H3,(H,15,19). The Hall–Kier alpha value is -2.20. The number of carbonyl (C=O) groups is 1. The van der Waals surface area contributed by atoms with E-state index in [1.54, 1.807) is 11.0 Å². The molecule has 1 aromatic rings. The Morgan fingerprint density at radius 2 is 2.55 bits per heavy atom. The second-order valence-electron chi connectivity index (χ2n) is 4.46. The molecule has 7 nitrogen and oxygen atoms in total. The summed E-state index contributed by atoms with van der Waals surface area (Å²) < 4.78 is 5.37. The van der Waals surface area contributed by atoms with Gasteiger partial charge >= 0.3 is 0 Å². The molecule has 1 amide bonds. The molecular weight excluding hydrogens is 258 g/mol. The third kappa shape index (κ3) is 3.03. The highest BCUT2D eigenvalue weighted by Gasteiger charge is 2.31. The number of carbonyl (C=O) groups excluding carboxylic acids is 1. The molecule has 2 rings (SSSR count). The van der Waals surface area contributed by atoms with Gasteiger partial charge in [-0.05, 0) is 12.5 Å². The van der Waals surface area contributed by atoms with Crippen LogP contribution in [0.2, 0.25) is 0 Å². The van der Waals surface area contributed by atoms with Crippen molar-refractivity contribution in [2.45, 2.75) is 19.4 Å². The summed E-state index contributed by atoms with van der Waals surface area (Å²) in [6.07, 6.45) is 2.34. The van der Waals surface area contributed by atoms with Gasteiger partial charge in [0.25, 0.3) is 0 Å². The number of morpholine rings is 1. The van der Waals surface area contributed by atoms with Crippen LogP contribution >= 0.6 is 0 Å². The summed E-state index contributed by atoms with van der Waals surface area (Å²) in [7, 11) is 0. The molecule has 1 aromatic heterocycles. The van der Waals surface area contributed by atoms with E-state index in [-0.39, 0.29) is 12.5 Å². The molecule has 106 valence electrons. The van der Waals surface area contributed by atoms with Gasteiger partial charge in [-0.3, -0.25) is 4.79 Å². The molecule has 1 fully saturated rings. The van der Waals surface area contributed by atoms with Crippen LogP contribution in [0.4, 0.5) is 5.82 Å². The number of hydrogen-bond donors (Lipinski definition) is 1. The summed E-state index contributed by atoms with van der Waals surface area (Å²) in [5.74, 6) is 0.330. The summed E-state index contributed by atoms with van der Waals surface area (Å²) in [4.78, 5) is 14.0. The van der Waals surface area contributed by atoms with Crippen LogP contribution in [0.1, 0.15) is 18.9 Å². The first-order valence-electron chi connectivity index (χ1n) is 6.61. The summed E-state index contributed by atoms with van der Waals surface area (Å²) in [6, 6.07) is 3.20. The third-order valence-corrected chi connectivity index (χ3v) is 3.07. The van der Waals surface area contributed by atoms with Crippen LogP contribution in [0.15, 0.2) is 12.3 Å². The Labute approximate surface area is 117 Å². The fourth-order valence-corrected chi connectivity index (χ4v) is 2.06. The Kier molecular flexibility index (Phi) is 4.85. The van der Waals surface area contributed by atoms with Gasteiger partial charge in [0.2, 0.25) is 5.91 Å². The molecule has 1 aliphatic rings. The van der Waals surface area contributed by atoms with Crippen molar-refractivity contribution < 1.29 is 9.53 Å². The number of ether oxygens (including phenoxy) is 1. The molecule has 1 unspecified atom stereocenters. The monoisotopic (exact) mass is 275 g/mol. The number of hydrogen-bond acceptors (Lipinski definition) is 6. The van der Waals surface area contributed by atoms with Crippen LogP contribution in [-0.4, -0.2) is 48.4 Å². The molecule has 0 radical (unpaired) electrons. The number of rotatable bonds is 4. The maximum atomic E-state index is 12.2. The zero-order valence-corrected chi connectivity index (χ0v) is 11.4. The van der Waals surface area contributed by atoms with Crippen molar-refractivity contribution >= 4 is 11.7 Å². The normalized spacial score (nSPS) is 18.4. The Morgan fingerprint density at radius 1 is 1.70 bits per heavy atom. The maximum Gasteiger partial charge on any atom is 0.245 e. The van der Waals surface area contributed by atoms with Crippen molar-refractivity contribution in [3.05, 3.63) is 17.8 Å². The van der Waals surface area contributed by atoms with E-state index in [4.69, 9.17) is 10.00 Å². The van der Waals surface area contributed by atoms with E-state index in [2.05, 4.69) is 21.6 Å². The molecule has 7 heteroatoms. The van der Waals surface area contributed by atoms with E-state index in [0.717, 1.165) is 6.42 Å². The Bertz CT molecular complexity index is 514. The van der Waals surface area contributed by atoms with Crippen molar-refractivity contribution in [2.24, 2.45) is 0 Å². The van der Waals surface area contributed by atoms with E-state index in [1.807, 2.05) is 6.92 Å². The summed E-state index contributed by atoms with van der Waals surface area (Å²) >= 11 is 0. The predicted octanol–water partition coefficient (Wildman–Crippen LogP) is 0.0797. The highest BCUT2D eigenvalue weighted by molar-refractivity contribution is 5.85. The molecule has 1 atom stereocenters. The van der Waals surface area contributed by atoms with Gasteiger partial charge in [-0.15, -0.1) is 5.10 Å². The summed E-state index contributed by atoms with van der Waals surface area (Å²) in [5, 5.41) is 19.8. The molecule has 20 heavy (non-hydrogen) atoms. The quantitative estimate of drug-likeness (QED) is 0.836.